The van der Waals surface area contributed by atoms with E-state index in [1.165, 1.54) is 15.9 Å². The SMILES string of the molecule is CCOC(=O)c1c(-c2ccc(C)cc2)csc1NC(=O)Cn1c(=O)cc(C)c2cccc(C)c21. The first kappa shape index (κ1) is 23.4. The molecule has 4 rings (SSSR count). The van der Waals surface area contributed by atoms with Crippen LogP contribution in [0, 0.1) is 20.8 Å². The lowest BCUT2D eigenvalue weighted by Crippen LogP contribution is -2.28. The van der Waals surface area contributed by atoms with Gasteiger partial charge in [-0.05, 0) is 44.4 Å². The number of nitrogens with zero attached hydrogens (tertiary/aromatic N) is 1. The number of esters is 1. The minimum absolute atomic E-state index is 0.166. The predicted octanol–water partition coefficient (Wildman–Crippen LogP) is 5.47. The molecule has 1 amide bonds. The van der Waals surface area contributed by atoms with Gasteiger partial charge < -0.3 is 10.1 Å². The zero-order valence-electron chi connectivity index (χ0n) is 19.6. The van der Waals surface area contributed by atoms with Crippen molar-refractivity contribution in [3.8, 4) is 11.1 Å². The van der Waals surface area contributed by atoms with Crippen LogP contribution in [0.1, 0.15) is 34.0 Å². The summed E-state index contributed by atoms with van der Waals surface area (Å²) in [6.45, 7) is 7.60. The Morgan fingerprint density at radius 2 is 1.76 bits per heavy atom. The summed E-state index contributed by atoms with van der Waals surface area (Å²) in [6.07, 6.45) is 0. The fourth-order valence-electron chi connectivity index (χ4n) is 4.05. The minimum atomic E-state index is -0.497. The second-order valence-corrected chi connectivity index (χ2v) is 9.09. The minimum Gasteiger partial charge on any atom is -0.462 e. The number of hydrogen-bond donors (Lipinski definition) is 1. The second-order valence-electron chi connectivity index (χ2n) is 8.21. The molecule has 1 N–H and O–H groups in total. The molecule has 0 unspecified atom stereocenters. The smallest absolute Gasteiger partial charge is 0.341 e. The normalized spacial score (nSPS) is 10.9. The highest BCUT2D eigenvalue weighted by atomic mass is 32.1. The van der Waals surface area contributed by atoms with Crippen molar-refractivity contribution in [1.29, 1.82) is 0 Å². The molecule has 34 heavy (non-hydrogen) atoms. The summed E-state index contributed by atoms with van der Waals surface area (Å²) >= 11 is 1.26. The van der Waals surface area contributed by atoms with Gasteiger partial charge in [0.15, 0.2) is 0 Å². The van der Waals surface area contributed by atoms with Crippen molar-refractivity contribution in [3.05, 3.63) is 86.5 Å². The maximum Gasteiger partial charge on any atom is 0.341 e. The molecule has 0 bridgehead atoms. The summed E-state index contributed by atoms with van der Waals surface area (Å²) in [5, 5.41) is 6.01. The summed E-state index contributed by atoms with van der Waals surface area (Å²) in [4.78, 5) is 38.7. The number of carbonyl (C=O) groups is 2. The lowest BCUT2D eigenvalue weighted by atomic mass is 10.0. The summed E-state index contributed by atoms with van der Waals surface area (Å²) < 4.78 is 6.76. The van der Waals surface area contributed by atoms with Gasteiger partial charge in [-0.2, -0.15) is 0 Å². The van der Waals surface area contributed by atoms with E-state index in [9.17, 15) is 14.4 Å². The molecule has 174 valence electrons. The molecule has 0 radical (unpaired) electrons. The molecule has 2 heterocycles. The highest BCUT2D eigenvalue weighted by Crippen LogP contribution is 2.36. The van der Waals surface area contributed by atoms with E-state index in [2.05, 4.69) is 5.32 Å². The molecule has 0 saturated carbocycles. The standard InChI is InChI=1S/C27H26N2O4S/c1-5-33-27(32)24-21(19-11-9-16(2)10-12-19)15-34-26(24)28-22(30)14-29-23(31)13-18(4)20-8-6-7-17(3)25(20)29/h6-13,15H,5,14H2,1-4H3,(H,28,30). The number of rotatable bonds is 6. The Bertz CT molecular complexity index is 1450. The number of aromatic nitrogens is 1. The van der Waals surface area contributed by atoms with Gasteiger partial charge in [0.25, 0.3) is 5.56 Å². The Kier molecular flexibility index (Phi) is 6.65. The van der Waals surface area contributed by atoms with Gasteiger partial charge in [0.05, 0.1) is 12.1 Å². The van der Waals surface area contributed by atoms with Crippen molar-refractivity contribution >= 4 is 39.1 Å². The number of anilines is 1. The number of thiophene rings is 1. The summed E-state index contributed by atoms with van der Waals surface area (Å²) in [7, 11) is 0. The molecule has 0 fully saturated rings. The van der Waals surface area contributed by atoms with Crippen LogP contribution < -0.4 is 10.9 Å². The molecular weight excluding hydrogens is 448 g/mol. The third kappa shape index (κ3) is 4.52. The fourth-order valence-corrected chi connectivity index (χ4v) is 5.03. The van der Waals surface area contributed by atoms with Crippen LogP contribution in [-0.2, 0) is 16.1 Å². The number of nitrogens with one attached hydrogen (secondary N) is 1. The number of para-hydroxylation sites is 1. The number of benzene rings is 2. The molecule has 0 saturated heterocycles. The van der Waals surface area contributed by atoms with Crippen molar-refractivity contribution < 1.29 is 14.3 Å². The Morgan fingerprint density at radius 3 is 2.47 bits per heavy atom. The Hall–Kier alpha value is -3.71. The van der Waals surface area contributed by atoms with Crippen molar-refractivity contribution in [2.75, 3.05) is 11.9 Å². The second kappa shape index (κ2) is 9.65. The molecule has 6 nitrogen and oxygen atoms in total. The van der Waals surface area contributed by atoms with E-state index in [4.69, 9.17) is 4.74 Å². The van der Waals surface area contributed by atoms with Crippen LogP contribution in [0.3, 0.4) is 0 Å². The zero-order chi connectivity index (χ0) is 24.4. The van der Waals surface area contributed by atoms with E-state index in [1.807, 2.05) is 68.6 Å². The first-order valence-corrected chi connectivity index (χ1v) is 11.9. The lowest BCUT2D eigenvalue weighted by molar-refractivity contribution is -0.116. The molecule has 0 spiro atoms. The number of carbonyl (C=O) groups excluding carboxylic acids is 2. The Morgan fingerprint density at radius 1 is 1.03 bits per heavy atom. The maximum atomic E-state index is 13.1. The molecule has 2 aromatic carbocycles. The van der Waals surface area contributed by atoms with Gasteiger partial charge >= 0.3 is 5.97 Å². The van der Waals surface area contributed by atoms with E-state index in [0.717, 1.165) is 33.2 Å². The van der Waals surface area contributed by atoms with Crippen LogP contribution >= 0.6 is 11.3 Å². The fraction of sp³-hybridized carbons (Fsp3) is 0.222. The van der Waals surface area contributed by atoms with Crippen LogP contribution in [0.25, 0.3) is 22.0 Å². The number of pyridine rings is 1. The van der Waals surface area contributed by atoms with Crippen LogP contribution in [0.2, 0.25) is 0 Å². The number of fused-ring (bicyclic) bond motifs is 1. The predicted molar refractivity (Wildman–Crippen MR) is 137 cm³/mol. The molecule has 4 aromatic rings. The zero-order valence-corrected chi connectivity index (χ0v) is 20.4. The van der Waals surface area contributed by atoms with Gasteiger partial charge in [-0.25, -0.2) is 4.79 Å². The molecule has 0 aliphatic carbocycles. The van der Waals surface area contributed by atoms with Gasteiger partial charge in [0, 0.05) is 22.4 Å². The van der Waals surface area contributed by atoms with Crippen molar-refractivity contribution in [2.24, 2.45) is 0 Å². The van der Waals surface area contributed by atoms with Gasteiger partial charge in [-0.1, -0.05) is 48.0 Å². The van der Waals surface area contributed by atoms with Gasteiger partial charge in [0.1, 0.15) is 17.1 Å². The van der Waals surface area contributed by atoms with Crippen LogP contribution in [0.5, 0.6) is 0 Å². The maximum absolute atomic E-state index is 13.1. The summed E-state index contributed by atoms with van der Waals surface area (Å²) in [5.74, 6) is -0.887. The number of aryl methyl sites for hydroxylation is 3. The molecule has 0 atom stereocenters. The third-order valence-corrected chi connectivity index (χ3v) is 6.62. The molecule has 0 aliphatic heterocycles. The highest BCUT2D eigenvalue weighted by Gasteiger charge is 2.23. The largest absolute Gasteiger partial charge is 0.462 e. The van der Waals surface area contributed by atoms with E-state index in [-0.39, 0.29) is 18.7 Å². The van der Waals surface area contributed by atoms with Crippen LogP contribution in [-0.4, -0.2) is 23.1 Å². The third-order valence-electron chi connectivity index (χ3n) is 5.73. The highest BCUT2D eigenvalue weighted by molar-refractivity contribution is 7.15. The Balaban J connectivity index is 1.70. The average Bonchev–Trinajstić information content (AvgIpc) is 3.21. The monoisotopic (exact) mass is 474 g/mol. The average molecular weight is 475 g/mol. The van der Waals surface area contributed by atoms with Crippen molar-refractivity contribution in [2.45, 2.75) is 34.2 Å². The number of ether oxygens (including phenoxy) is 1. The van der Waals surface area contributed by atoms with Crippen LogP contribution in [0.15, 0.2) is 58.7 Å². The topological polar surface area (TPSA) is 77.4 Å². The lowest BCUT2D eigenvalue weighted by Gasteiger charge is -2.14. The van der Waals surface area contributed by atoms with Crippen molar-refractivity contribution in [3.63, 3.8) is 0 Å². The van der Waals surface area contributed by atoms with Gasteiger partial charge in [0.2, 0.25) is 5.91 Å². The molecule has 2 aromatic heterocycles. The molecule has 7 heteroatoms. The van der Waals surface area contributed by atoms with Crippen molar-refractivity contribution in [1.82, 2.24) is 4.57 Å². The first-order chi connectivity index (χ1) is 16.3. The number of amides is 1. The number of hydrogen-bond acceptors (Lipinski definition) is 5. The van der Waals surface area contributed by atoms with E-state index in [0.29, 0.717) is 16.1 Å². The molecular formula is C27H26N2O4S. The summed E-state index contributed by atoms with van der Waals surface area (Å²) in [6, 6.07) is 15.1. The van der Waals surface area contributed by atoms with Gasteiger partial charge in [-0.15, -0.1) is 11.3 Å². The summed E-state index contributed by atoms with van der Waals surface area (Å²) in [5.41, 5.74) is 5.26. The Labute approximate surface area is 201 Å². The van der Waals surface area contributed by atoms with E-state index >= 15 is 0 Å². The van der Waals surface area contributed by atoms with Crippen LogP contribution in [0.4, 0.5) is 5.00 Å². The first-order valence-electron chi connectivity index (χ1n) is 11.1. The quantitative estimate of drug-likeness (QED) is 0.376. The van der Waals surface area contributed by atoms with E-state index < -0.39 is 11.9 Å². The molecule has 0 aliphatic rings. The van der Waals surface area contributed by atoms with Gasteiger partial charge in [-0.3, -0.25) is 14.2 Å². The van der Waals surface area contributed by atoms with E-state index in [1.54, 1.807) is 13.0 Å².